The Morgan fingerprint density at radius 2 is 1.69 bits per heavy atom. The van der Waals surface area contributed by atoms with Gasteiger partial charge in [-0.05, 0) is 50.1 Å². The number of carbonyl (C=O) groups is 1. The van der Waals surface area contributed by atoms with E-state index in [1.54, 1.807) is 0 Å². The lowest BCUT2D eigenvalue weighted by Crippen LogP contribution is -2.31. The standard InChI is InChI=1S/C22H25ClN4OS/c1-3-26(4-2)21(28)16-29-22-25-24-20(15-10-17-8-6-5-7-9-17)27(22)19-13-11-18(23)12-14-19/h5-9,11-14H,3-4,10,15-16H2,1-2H3. The third-order valence-electron chi connectivity index (χ3n) is 4.71. The summed E-state index contributed by atoms with van der Waals surface area (Å²) in [5.41, 5.74) is 2.20. The fourth-order valence-electron chi connectivity index (χ4n) is 3.10. The first-order valence-electron chi connectivity index (χ1n) is 9.77. The van der Waals surface area contributed by atoms with Crippen molar-refractivity contribution in [2.45, 2.75) is 31.8 Å². The van der Waals surface area contributed by atoms with Gasteiger partial charge in [0, 0.05) is 30.2 Å². The zero-order valence-electron chi connectivity index (χ0n) is 16.7. The molecule has 0 bridgehead atoms. The third-order valence-corrected chi connectivity index (χ3v) is 5.87. The number of thioether (sulfide) groups is 1. The Kier molecular flexibility index (Phi) is 7.72. The van der Waals surface area contributed by atoms with E-state index in [1.807, 2.05) is 65.8 Å². The summed E-state index contributed by atoms with van der Waals surface area (Å²) < 4.78 is 2.03. The normalized spacial score (nSPS) is 10.9. The number of benzene rings is 2. The monoisotopic (exact) mass is 428 g/mol. The van der Waals surface area contributed by atoms with Crippen LogP contribution in [0.2, 0.25) is 5.02 Å². The molecule has 29 heavy (non-hydrogen) atoms. The maximum absolute atomic E-state index is 12.4. The maximum atomic E-state index is 12.4. The fraction of sp³-hybridized carbons (Fsp3) is 0.318. The minimum absolute atomic E-state index is 0.108. The molecule has 152 valence electrons. The first kappa shape index (κ1) is 21.4. The van der Waals surface area contributed by atoms with Crippen LogP contribution in [0.5, 0.6) is 0 Å². The molecule has 1 heterocycles. The predicted octanol–water partition coefficient (Wildman–Crippen LogP) is 4.67. The van der Waals surface area contributed by atoms with E-state index >= 15 is 0 Å². The summed E-state index contributed by atoms with van der Waals surface area (Å²) in [5.74, 6) is 1.32. The van der Waals surface area contributed by atoms with E-state index in [2.05, 4.69) is 22.3 Å². The molecule has 3 aromatic rings. The summed E-state index contributed by atoms with van der Waals surface area (Å²) in [4.78, 5) is 14.2. The quantitative estimate of drug-likeness (QED) is 0.465. The highest BCUT2D eigenvalue weighted by molar-refractivity contribution is 7.99. The van der Waals surface area contributed by atoms with E-state index in [0.29, 0.717) is 23.9 Å². The third kappa shape index (κ3) is 5.61. The molecule has 0 N–H and O–H groups in total. The van der Waals surface area contributed by atoms with Crippen molar-refractivity contribution in [3.8, 4) is 5.69 Å². The highest BCUT2D eigenvalue weighted by Gasteiger charge is 2.17. The van der Waals surface area contributed by atoms with Crippen LogP contribution in [-0.4, -0.2) is 44.4 Å². The molecule has 7 heteroatoms. The first-order chi connectivity index (χ1) is 14.1. The van der Waals surface area contributed by atoms with Gasteiger partial charge in [0.1, 0.15) is 5.82 Å². The highest BCUT2D eigenvalue weighted by Crippen LogP contribution is 2.24. The molecule has 2 aromatic carbocycles. The van der Waals surface area contributed by atoms with Crippen LogP contribution in [0, 0.1) is 0 Å². The van der Waals surface area contributed by atoms with Crippen LogP contribution in [0.15, 0.2) is 59.8 Å². The van der Waals surface area contributed by atoms with E-state index in [9.17, 15) is 4.79 Å². The van der Waals surface area contributed by atoms with Crippen molar-refractivity contribution in [2.24, 2.45) is 0 Å². The molecule has 1 aromatic heterocycles. The molecule has 1 amide bonds. The molecular weight excluding hydrogens is 404 g/mol. The number of nitrogens with zero attached hydrogens (tertiary/aromatic N) is 4. The van der Waals surface area contributed by atoms with Gasteiger partial charge in [-0.3, -0.25) is 9.36 Å². The van der Waals surface area contributed by atoms with E-state index in [1.165, 1.54) is 17.3 Å². The molecule has 0 aliphatic rings. The Bertz CT molecular complexity index is 924. The summed E-state index contributed by atoms with van der Waals surface area (Å²) >= 11 is 7.49. The SMILES string of the molecule is CCN(CC)C(=O)CSc1nnc(CCc2ccccc2)n1-c1ccc(Cl)cc1. The van der Waals surface area contributed by atoms with Crippen molar-refractivity contribution in [1.82, 2.24) is 19.7 Å². The van der Waals surface area contributed by atoms with Gasteiger partial charge in [-0.2, -0.15) is 0 Å². The van der Waals surface area contributed by atoms with Crippen LogP contribution < -0.4 is 0 Å². The Morgan fingerprint density at radius 3 is 2.34 bits per heavy atom. The van der Waals surface area contributed by atoms with Crippen molar-refractivity contribution < 1.29 is 4.79 Å². The molecule has 0 aliphatic carbocycles. The van der Waals surface area contributed by atoms with Gasteiger partial charge in [-0.25, -0.2) is 0 Å². The Morgan fingerprint density at radius 1 is 1.00 bits per heavy atom. The minimum atomic E-state index is 0.108. The van der Waals surface area contributed by atoms with Crippen molar-refractivity contribution in [2.75, 3.05) is 18.8 Å². The molecule has 5 nitrogen and oxygen atoms in total. The topological polar surface area (TPSA) is 51.0 Å². The molecular formula is C22H25ClN4OS. The van der Waals surface area contributed by atoms with Gasteiger partial charge in [0.25, 0.3) is 0 Å². The average molecular weight is 429 g/mol. The van der Waals surface area contributed by atoms with Crippen molar-refractivity contribution >= 4 is 29.3 Å². The number of aromatic nitrogens is 3. The lowest BCUT2D eigenvalue weighted by atomic mass is 10.1. The average Bonchev–Trinajstić information content (AvgIpc) is 3.16. The summed E-state index contributed by atoms with van der Waals surface area (Å²) in [7, 11) is 0. The second-order valence-electron chi connectivity index (χ2n) is 6.55. The largest absolute Gasteiger partial charge is 0.343 e. The van der Waals surface area contributed by atoms with Crippen LogP contribution in [0.1, 0.15) is 25.2 Å². The first-order valence-corrected chi connectivity index (χ1v) is 11.1. The molecule has 0 saturated heterocycles. The zero-order chi connectivity index (χ0) is 20.6. The van der Waals surface area contributed by atoms with Crippen LogP contribution in [0.25, 0.3) is 5.69 Å². The molecule has 3 rings (SSSR count). The number of amides is 1. The second-order valence-corrected chi connectivity index (χ2v) is 7.93. The predicted molar refractivity (Wildman–Crippen MR) is 119 cm³/mol. The van der Waals surface area contributed by atoms with Gasteiger partial charge in [0.15, 0.2) is 5.16 Å². The molecule has 0 aliphatic heterocycles. The van der Waals surface area contributed by atoms with Crippen LogP contribution >= 0.6 is 23.4 Å². The lowest BCUT2D eigenvalue weighted by molar-refractivity contribution is -0.127. The Labute approximate surface area is 181 Å². The van der Waals surface area contributed by atoms with Crippen molar-refractivity contribution in [3.05, 3.63) is 71.0 Å². The van der Waals surface area contributed by atoms with E-state index in [-0.39, 0.29) is 5.91 Å². The van der Waals surface area contributed by atoms with E-state index < -0.39 is 0 Å². The smallest absolute Gasteiger partial charge is 0.233 e. The van der Waals surface area contributed by atoms with Gasteiger partial charge < -0.3 is 4.90 Å². The molecule has 0 saturated carbocycles. The Hall–Kier alpha value is -2.31. The highest BCUT2D eigenvalue weighted by atomic mass is 35.5. The number of hydrogen-bond donors (Lipinski definition) is 0. The molecule has 0 atom stereocenters. The number of rotatable bonds is 9. The number of aryl methyl sites for hydroxylation is 2. The maximum Gasteiger partial charge on any atom is 0.233 e. The van der Waals surface area contributed by atoms with E-state index in [4.69, 9.17) is 11.6 Å². The molecule has 0 unspecified atom stereocenters. The van der Waals surface area contributed by atoms with Crippen molar-refractivity contribution in [3.63, 3.8) is 0 Å². The fourth-order valence-corrected chi connectivity index (χ4v) is 4.10. The minimum Gasteiger partial charge on any atom is -0.343 e. The van der Waals surface area contributed by atoms with Crippen LogP contribution in [-0.2, 0) is 17.6 Å². The summed E-state index contributed by atoms with van der Waals surface area (Å²) in [6.07, 6.45) is 1.62. The van der Waals surface area contributed by atoms with Gasteiger partial charge in [0.05, 0.1) is 5.75 Å². The van der Waals surface area contributed by atoms with Gasteiger partial charge in [-0.15, -0.1) is 10.2 Å². The number of halogens is 1. The second kappa shape index (κ2) is 10.5. The molecule has 0 spiro atoms. The summed E-state index contributed by atoms with van der Waals surface area (Å²) in [6.45, 7) is 5.40. The summed E-state index contributed by atoms with van der Waals surface area (Å²) in [5, 5.41) is 10.2. The lowest BCUT2D eigenvalue weighted by Gasteiger charge is -2.18. The van der Waals surface area contributed by atoms with Gasteiger partial charge in [0.2, 0.25) is 5.91 Å². The van der Waals surface area contributed by atoms with Crippen LogP contribution in [0.4, 0.5) is 0 Å². The van der Waals surface area contributed by atoms with E-state index in [0.717, 1.165) is 29.5 Å². The molecule has 0 radical (unpaired) electrons. The molecule has 0 fully saturated rings. The number of hydrogen-bond acceptors (Lipinski definition) is 4. The van der Waals surface area contributed by atoms with Crippen LogP contribution in [0.3, 0.4) is 0 Å². The van der Waals surface area contributed by atoms with Gasteiger partial charge in [-0.1, -0.05) is 53.7 Å². The Balaban J connectivity index is 1.83. The number of carbonyl (C=O) groups excluding carboxylic acids is 1. The van der Waals surface area contributed by atoms with Crippen molar-refractivity contribution in [1.29, 1.82) is 0 Å². The summed E-state index contributed by atoms with van der Waals surface area (Å²) in [6, 6.07) is 17.9. The zero-order valence-corrected chi connectivity index (χ0v) is 18.3. The van der Waals surface area contributed by atoms with Gasteiger partial charge >= 0.3 is 0 Å².